The van der Waals surface area contributed by atoms with Crippen LogP contribution in [0.1, 0.15) is 12.8 Å². The highest BCUT2D eigenvalue weighted by Gasteiger charge is 2.25. The predicted octanol–water partition coefficient (Wildman–Crippen LogP) is -3.47. The Kier molecular flexibility index (Phi) is 39.2. The molecule has 0 heterocycles. The quantitative estimate of drug-likeness (QED) is 0.0145. The number of carbonyl (C=O) groups excluding carboxylic acids is 3. The van der Waals surface area contributed by atoms with Crippen LogP contribution in [0.15, 0.2) is 25.7 Å². The molecule has 0 rings (SSSR count). The molecule has 29 heteroatoms. The minimum absolute atomic E-state index is 0.0325. The summed E-state index contributed by atoms with van der Waals surface area (Å²) < 4.78 is 0. The number of hydrogen-bond acceptors (Lipinski definition) is 20. The Bertz CT molecular complexity index is 1270. The maximum atomic E-state index is 12.3. The molecule has 0 radical (unpaired) electrons. The summed E-state index contributed by atoms with van der Waals surface area (Å²) in [5, 5.41) is 83.8. The Morgan fingerprint density at radius 3 is 1.02 bits per heavy atom. The molecule has 12 N–H and O–H groups in total. The van der Waals surface area contributed by atoms with Gasteiger partial charge in [0.05, 0.1) is 26.3 Å². The van der Waals surface area contributed by atoms with Crippen LogP contribution in [-0.4, -0.2) is 228 Å². The van der Waals surface area contributed by atoms with E-state index >= 15 is 0 Å². The molecular weight excluding hydrogens is 812 g/mol. The molecule has 0 unspecified atom stereocenters. The summed E-state index contributed by atoms with van der Waals surface area (Å²) in [6.07, 6.45) is 0.241. The van der Waals surface area contributed by atoms with Gasteiger partial charge in [0.25, 0.3) is 0 Å². The zero-order chi connectivity index (χ0) is 46.3. The molecule has 0 aliphatic rings. The van der Waals surface area contributed by atoms with Gasteiger partial charge in [-0.05, 0) is 0 Å². The highest BCUT2D eigenvalue weighted by molar-refractivity contribution is 5.98. The van der Waals surface area contributed by atoms with Gasteiger partial charge in [0.1, 0.15) is 45.0 Å². The van der Waals surface area contributed by atoms with Gasteiger partial charge in [0.2, 0.25) is 17.7 Å². The smallest absolute Gasteiger partial charge is 0.323 e. The molecule has 0 saturated heterocycles. The number of amides is 3. The number of rotatable bonds is 30. The van der Waals surface area contributed by atoms with Crippen LogP contribution in [0.5, 0.6) is 0 Å². The second kappa shape index (κ2) is 38.8. The molecule has 0 aliphatic heterocycles. The lowest BCUT2D eigenvalue weighted by molar-refractivity contribution is -0.251. The van der Waals surface area contributed by atoms with Crippen molar-refractivity contribution < 1.29 is 114 Å². The minimum Gasteiger partial charge on any atom is -0.481 e. The fourth-order valence-corrected chi connectivity index (χ4v) is 3.91. The zero-order valence-electron chi connectivity index (χ0n) is 31.7. The predicted molar refractivity (Wildman–Crippen MR) is 192 cm³/mol. The lowest BCUT2D eigenvalue weighted by Gasteiger charge is -2.26. The minimum atomic E-state index is -1.40. The molecule has 0 aromatic carbocycles. The highest BCUT2D eigenvalue weighted by atomic mass is 17.1. The number of nitrogens with two attached hydrogens (primary N) is 1. The third-order valence-electron chi connectivity index (χ3n) is 6.28. The van der Waals surface area contributed by atoms with Gasteiger partial charge in [-0.15, -0.1) is 0 Å². The van der Waals surface area contributed by atoms with E-state index in [1.54, 1.807) is 4.90 Å². The Labute approximate surface area is 335 Å². The summed E-state index contributed by atoms with van der Waals surface area (Å²) in [7, 11) is 0. The normalized spacial score (nSPS) is 9.81. The third kappa shape index (κ3) is 40.0. The van der Waals surface area contributed by atoms with Crippen LogP contribution < -0.4 is 5.73 Å². The lowest BCUT2D eigenvalue weighted by Crippen LogP contribution is -2.46. The van der Waals surface area contributed by atoms with E-state index in [2.05, 4.69) is 32.7 Å². The number of carboxylic acid groups (broad SMARTS) is 6. The van der Waals surface area contributed by atoms with E-state index in [-0.39, 0.29) is 65.6 Å². The number of carbonyl (C=O) groups is 9. The molecule has 0 fully saturated rings. The molecule has 0 saturated carbocycles. The van der Waals surface area contributed by atoms with Crippen molar-refractivity contribution in [2.45, 2.75) is 12.8 Å². The number of hydrogen-bond donors (Lipinski definition) is 11. The lowest BCUT2D eigenvalue weighted by atomic mass is 10.3. The van der Waals surface area contributed by atoms with Crippen molar-refractivity contribution in [2.75, 3.05) is 98.3 Å². The summed E-state index contributed by atoms with van der Waals surface area (Å²) in [5.74, 6) is -10.6. The first-order valence-corrected chi connectivity index (χ1v) is 16.3. The number of aliphatic carboxylic acids is 6. The van der Waals surface area contributed by atoms with Crippen molar-refractivity contribution >= 4 is 53.5 Å². The average Bonchev–Trinajstić information content (AvgIpc) is 3.14. The molecule has 340 valence electrons. The molecule has 0 atom stereocenters. The van der Waals surface area contributed by atoms with E-state index in [0.29, 0.717) is 0 Å². The van der Waals surface area contributed by atoms with Crippen LogP contribution in [0, 0.1) is 0 Å². The van der Waals surface area contributed by atoms with E-state index < -0.39 is 99.1 Å². The molecule has 0 bridgehead atoms. The van der Waals surface area contributed by atoms with Crippen LogP contribution in [0.2, 0.25) is 0 Å². The second-order valence-corrected chi connectivity index (χ2v) is 10.7. The first-order valence-electron chi connectivity index (χ1n) is 16.3. The van der Waals surface area contributed by atoms with Crippen LogP contribution in [0.25, 0.3) is 0 Å². The molecule has 29 nitrogen and oxygen atoms in total. The second-order valence-electron chi connectivity index (χ2n) is 10.7. The van der Waals surface area contributed by atoms with Crippen LogP contribution in [-0.2, 0) is 62.7 Å². The summed E-state index contributed by atoms with van der Waals surface area (Å²) in [5.41, 5.74) is 5.30. The van der Waals surface area contributed by atoms with Crippen LogP contribution >= 0.6 is 0 Å². The SMILES string of the molecule is C=COO.C=COO.NCCN(CC(=O)O)C(=O)CC(=O)N(CCN(CC(=O)O)CC(=O)O)CC(=O)O.O=C(O)CC(=O)N(CCN(CCOO)CCOO)CC(=O)O. The third-order valence-corrected chi connectivity index (χ3v) is 6.28. The van der Waals surface area contributed by atoms with Crippen molar-refractivity contribution in [1.29, 1.82) is 0 Å². The molecule has 59 heavy (non-hydrogen) atoms. The number of nitrogens with zero attached hydrogens (tertiary/aromatic N) is 5. The maximum Gasteiger partial charge on any atom is 0.323 e. The summed E-state index contributed by atoms with van der Waals surface area (Å²) in [4.78, 5) is 120. The van der Waals surface area contributed by atoms with E-state index in [1.165, 1.54) is 0 Å². The Hall–Kier alpha value is -6.05. The van der Waals surface area contributed by atoms with E-state index in [1.807, 2.05) is 0 Å². The maximum absolute atomic E-state index is 12.3. The largest absolute Gasteiger partial charge is 0.481 e. The fraction of sp³-hybridized carbons (Fsp3) is 0.567. The van der Waals surface area contributed by atoms with Crippen LogP contribution in [0.4, 0.5) is 0 Å². The van der Waals surface area contributed by atoms with Crippen molar-refractivity contribution in [3.05, 3.63) is 25.7 Å². The van der Waals surface area contributed by atoms with Gasteiger partial charge in [-0.3, -0.25) is 63.5 Å². The fourth-order valence-electron chi connectivity index (χ4n) is 3.91. The standard InChI is InChI=1S/C15H24N4O10.C11H20N2O9.2C2H4O2/c16-1-2-18(8-14(26)27)10(20)5-11(21)19(9-15(28)29)4-3-17(6-12(22)23)7-13(24)25;14-9(7-10(15)16)13(8-11(17)18)2-1-12(3-5-21-19)4-6-22-20;2*1-2-4-3/h1-9,16H2,(H,22,23)(H,24,25)(H,26,27)(H,28,29);19-20H,1-8H2,(H,15,16)(H,17,18);2*2-3H,1H2. The van der Waals surface area contributed by atoms with Crippen molar-refractivity contribution in [3.8, 4) is 0 Å². The highest BCUT2D eigenvalue weighted by Crippen LogP contribution is 2.02. The van der Waals surface area contributed by atoms with Gasteiger partial charge in [-0.25, -0.2) is 20.3 Å². The molecular formula is C30H52N6O23. The van der Waals surface area contributed by atoms with Gasteiger partial charge in [-0.2, -0.15) is 0 Å². The molecule has 3 amide bonds. The van der Waals surface area contributed by atoms with Crippen LogP contribution in [0.3, 0.4) is 0 Å². The summed E-state index contributed by atoms with van der Waals surface area (Å²) in [6.45, 7) is 2.38. The van der Waals surface area contributed by atoms with E-state index in [0.717, 1.165) is 32.1 Å². The van der Waals surface area contributed by atoms with Gasteiger partial charge < -0.3 is 60.8 Å². The van der Waals surface area contributed by atoms with E-state index in [4.69, 9.17) is 57.4 Å². The zero-order valence-corrected chi connectivity index (χ0v) is 31.7. The van der Waals surface area contributed by atoms with Gasteiger partial charge >= 0.3 is 35.8 Å². The van der Waals surface area contributed by atoms with Crippen molar-refractivity contribution in [1.82, 2.24) is 24.5 Å². The average molecular weight is 865 g/mol. The molecule has 0 aromatic heterocycles. The summed E-state index contributed by atoms with van der Waals surface area (Å²) >= 11 is 0. The van der Waals surface area contributed by atoms with Crippen molar-refractivity contribution in [3.63, 3.8) is 0 Å². The Morgan fingerprint density at radius 2 is 0.746 bits per heavy atom. The summed E-state index contributed by atoms with van der Waals surface area (Å²) in [6, 6.07) is 0. The topological polar surface area (TPSA) is 435 Å². The molecule has 0 aromatic rings. The van der Waals surface area contributed by atoms with Gasteiger partial charge in [-0.1, -0.05) is 13.2 Å². The Balaban J connectivity index is -0.000000443. The van der Waals surface area contributed by atoms with Gasteiger partial charge in [0.15, 0.2) is 0 Å². The first kappa shape index (κ1) is 59.6. The van der Waals surface area contributed by atoms with E-state index in [9.17, 15) is 43.2 Å². The van der Waals surface area contributed by atoms with Crippen molar-refractivity contribution in [2.24, 2.45) is 5.73 Å². The van der Waals surface area contributed by atoms with Gasteiger partial charge in [0, 0.05) is 52.4 Å². The first-order chi connectivity index (χ1) is 27.7. The Morgan fingerprint density at radius 1 is 0.441 bits per heavy atom. The monoisotopic (exact) mass is 864 g/mol. The number of carboxylic acids is 6. The molecule has 0 spiro atoms. The molecule has 0 aliphatic carbocycles.